The highest BCUT2D eigenvalue weighted by Crippen LogP contribution is 2.29. The fourth-order valence-electron chi connectivity index (χ4n) is 3.10. The second-order valence-corrected chi connectivity index (χ2v) is 5.61. The molecule has 0 aromatic heterocycles. The standard InChI is InChI=1S/C16H23NO2/c17-15(13-9-5-2-6-10-13)14(16(18)19)11-12-7-3-1-4-8-12/h1,3-4,7-8,13-15H,2,5-6,9-11,17H2,(H,18,19). The van der Waals surface area contributed by atoms with Crippen LogP contribution < -0.4 is 5.73 Å². The van der Waals surface area contributed by atoms with Crippen LogP contribution in [-0.2, 0) is 11.2 Å². The van der Waals surface area contributed by atoms with Gasteiger partial charge >= 0.3 is 5.97 Å². The highest BCUT2D eigenvalue weighted by atomic mass is 16.4. The Morgan fingerprint density at radius 1 is 1.21 bits per heavy atom. The predicted molar refractivity (Wildman–Crippen MR) is 75.8 cm³/mol. The summed E-state index contributed by atoms with van der Waals surface area (Å²) >= 11 is 0. The third-order valence-corrected chi connectivity index (χ3v) is 4.27. The molecule has 0 amide bonds. The lowest BCUT2D eigenvalue weighted by Crippen LogP contribution is -2.43. The molecular weight excluding hydrogens is 238 g/mol. The van der Waals surface area contributed by atoms with Crippen LogP contribution in [0.2, 0.25) is 0 Å². The quantitative estimate of drug-likeness (QED) is 0.856. The van der Waals surface area contributed by atoms with Gasteiger partial charge in [-0.1, -0.05) is 49.6 Å². The molecule has 2 unspecified atom stereocenters. The molecule has 3 heteroatoms. The molecule has 1 fully saturated rings. The van der Waals surface area contributed by atoms with Crippen LogP contribution in [0, 0.1) is 11.8 Å². The Bertz CT molecular complexity index is 398. The molecule has 2 atom stereocenters. The first kappa shape index (κ1) is 14.1. The molecular formula is C16H23NO2. The topological polar surface area (TPSA) is 63.3 Å². The van der Waals surface area contributed by atoms with Crippen molar-refractivity contribution in [2.75, 3.05) is 0 Å². The zero-order chi connectivity index (χ0) is 13.7. The Balaban J connectivity index is 2.04. The third kappa shape index (κ3) is 3.80. The van der Waals surface area contributed by atoms with E-state index < -0.39 is 11.9 Å². The van der Waals surface area contributed by atoms with E-state index in [1.807, 2.05) is 30.3 Å². The molecule has 3 nitrogen and oxygen atoms in total. The van der Waals surface area contributed by atoms with E-state index in [1.165, 1.54) is 19.3 Å². The van der Waals surface area contributed by atoms with Crippen molar-refractivity contribution in [3.63, 3.8) is 0 Å². The summed E-state index contributed by atoms with van der Waals surface area (Å²) in [6, 6.07) is 9.56. The molecule has 2 rings (SSSR count). The Morgan fingerprint density at radius 2 is 1.84 bits per heavy atom. The minimum Gasteiger partial charge on any atom is -0.481 e. The van der Waals surface area contributed by atoms with Gasteiger partial charge in [0.1, 0.15) is 0 Å². The number of nitrogens with two attached hydrogens (primary N) is 1. The van der Waals surface area contributed by atoms with Crippen molar-refractivity contribution >= 4 is 5.97 Å². The molecule has 0 heterocycles. The SMILES string of the molecule is NC(C1CCCCC1)C(Cc1ccccc1)C(=O)O. The maximum Gasteiger partial charge on any atom is 0.308 e. The maximum absolute atomic E-state index is 11.5. The van der Waals surface area contributed by atoms with Gasteiger partial charge < -0.3 is 10.8 Å². The first-order valence-corrected chi connectivity index (χ1v) is 7.21. The number of rotatable bonds is 5. The molecule has 0 spiro atoms. The molecule has 0 saturated heterocycles. The van der Waals surface area contributed by atoms with Crippen LogP contribution in [0.15, 0.2) is 30.3 Å². The molecule has 1 saturated carbocycles. The average molecular weight is 261 g/mol. The minimum atomic E-state index is -0.762. The fraction of sp³-hybridized carbons (Fsp3) is 0.562. The van der Waals surface area contributed by atoms with E-state index in [2.05, 4.69) is 0 Å². The minimum absolute atomic E-state index is 0.224. The number of carboxylic acid groups (broad SMARTS) is 1. The van der Waals surface area contributed by atoms with E-state index in [1.54, 1.807) is 0 Å². The monoisotopic (exact) mass is 261 g/mol. The van der Waals surface area contributed by atoms with Crippen LogP contribution in [0.1, 0.15) is 37.7 Å². The van der Waals surface area contributed by atoms with Gasteiger partial charge in [0.05, 0.1) is 5.92 Å². The number of carbonyl (C=O) groups is 1. The summed E-state index contributed by atoms with van der Waals surface area (Å²) < 4.78 is 0. The molecule has 1 aliphatic rings. The van der Waals surface area contributed by atoms with Gasteiger partial charge in [0.25, 0.3) is 0 Å². The Morgan fingerprint density at radius 3 is 2.42 bits per heavy atom. The molecule has 104 valence electrons. The van der Waals surface area contributed by atoms with Crippen molar-refractivity contribution in [1.29, 1.82) is 0 Å². The molecule has 0 bridgehead atoms. The third-order valence-electron chi connectivity index (χ3n) is 4.27. The van der Waals surface area contributed by atoms with E-state index in [4.69, 9.17) is 5.73 Å². The number of carboxylic acids is 1. The van der Waals surface area contributed by atoms with Crippen molar-refractivity contribution in [2.24, 2.45) is 17.6 Å². The zero-order valence-electron chi connectivity index (χ0n) is 11.3. The fourth-order valence-corrected chi connectivity index (χ4v) is 3.10. The number of aliphatic carboxylic acids is 1. The number of hydrogen-bond donors (Lipinski definition) is 2. The van der Waals surface area contributed by atoms with Crippen LogP contribution >= 0.6 is 0 Å². The first-order valence-electron chi connectivity index (χ1n) is 7.21. The average Bonchev–Trinajstić information content (AvgIpc) is 2.46. The summed E-state index contributed by atoms with van der Waals surface area (Å²) in [5.41, 5.74) is 7.32. The van der Waals surface area contributed by atoms with Crippen molar-refractivity contribution in [1.82, 2.24) is 0 Å². The van der Waals surface area contributed by atoms with Gasteiger partial charge in [-0.3, -0.25) is 4.79 Å². The lowest BCUT2D eigenvalue weighted by molar-refractivity contribution is -0.143. The molecule has 1 aromatic rings. The highest BCUT2D eigenvalue weighted by Gasteiger charge is 2.32. The van der Waals surface area contributed by atoms with Gasteiger partial charge in [0, 0.05) is 6.04 Å². The van der Waals surface area contributed by atoms with Crippen LogP contribution in [-0.4, -0.2) is 17.1 Å². The Labute approximate surface area is 114 Å². The molecule has 19 heavy (non-hydrogen) atoms. The first-order chi connectivity index (χ1) is 9.18. The van der Waals surface area contributed by atoms with Crippen molar-refractivity contribution in [3.05, 3.63) is 35.9 Å². The molecule has 1 aromatic carbocycles. The van der Waals surface area contributed by atoms with Gasteiger partial charge in [-0.25, -0.2) is 0 Å². The van der Waals surface area contributed by atoms with Crippen molar-refractivity contribution in [3.8, 4) is 0 Å². The predicted octanol–water partition coefficient (Wildman–Crippen LogP) is 2.84. The van der Waals surface area contributed by atoms with Crippen molar-refractivity contribution in [2.45, 2.75) is 44.6 Å². The molecule has 0 radical (unpaired) electrons. The summed E-state index contributed by atoms with van der Waals surface area (Å²) in [6.07, 6.45) is 6.35. The van der Waals surface area contributed by atoms with Crippen LogP contribution in [0.5, 0.6) is 0 Å². The second kappa shape index (κ2) is 6.71. The smallest absolute Gasteiger partial charge is 0.308 e. The summed E-state index contributed by atoms with van der Waals surface area (Å²) in [5, 5.41) is 9.46. The van der Waals surface area contributed by atoms with E-state index in [9.17, 15) is 9.90 Å². The van der Waals surface area contributed by atoms with E-state index >= 15 is 0 Å². The van der Waals surface area contributed by atoms with Crippen LogP contribution in [0.4, 0.5) is 0 Å². The van der Waals surface area contributed by atoms with Crippen molar-refractivity contribution < 1.29 is 9.90 Å². The zero-order valence-corrected chi connectivity index (χ0v) is 11.3. The van der Waals surface area contributed by atoms with Gasteiger partial charge in [-0.2, -0.15) is 0 Å². The molecule has 1 aliphatic carbocycles. The van der Waals surface area contributed by atoms with Gasteiger partial charge in [-0.05, 0) is 30.7 Å². The number of hydrogen-bond acceptors (Lipinski definition) is 2. The summed E-state index contributed by atoms with van der Waals surface area (Å²) in [6.45, 7) is 0. The highest BCUT2D eigenvalue weighted by molar-refractivity contribution is 5.71. The van der Waals surface area contributed by atoms with Gasteiger partial charge in [0.2, 0.25) is 0 Å². The summed E-state index contributed by atoms with van der Waals surface area (Å²) in [7, 11) is 0. The number of benzene rings is 1. The normalized spacial score (nSPS) is 19.8. The lowest BCUT2D eigenvalue weighted by atomic mass is 9.77. The summed E-state index contributed by atoms with van der Waals surface area (Å²) in [5.74, 6) is -0.856. The van der Waals surface area contributed by atoms with Crippen LogP contribution in [0.3, 0.4) is 0 Å². The largest absolute Gasteiger partial charge is 0.481 e. The molecule has 0 aliphatic heterocycles. The van der Waals surface area contributed by atoms with E-state index in [0.29, 0.717) is 12.3 Å². The Kier molecular flexibility index (Phi) is 4.97. The van der Waals surface area contributed by atoms with Gasteiger partial charge in [-0.15, -0.1) is 0 Å². The van der Waals surface area contributed by atoms with E-state index in [-0.39, 0.29) is 6.04 Å². The molecule has 3 N–H and O–H groups in total. The Hall–Kier alpha value is -1.35. The van der Waals surface area contributed by atoms with Gasteiger partial charge in [0.15, 0.2) is 0 Å². The second-order valence-electron chi connectivity index (χ2n) is 5.61. The van der Waals surface area contributed by atoms with Crippen LogP contribution in [0.25, 0.3) is 0 Å². The maximum atomic E-state index is 11.5. The lowest BCUT2D eigenvalue weighted by Gasteiger charge is -2.31. The summed E-state index contributed by atoms with van der Waals surface area (Å²) in [4.78, 5) is 11.5. The van der Waals surface area contributed by atoms with E-state index in [0.717, 1.165) is 18.4 Å².